The zero-order chi connectivity index (χ0) is 20.5. The second-order valence-electron chi connectivity index (χ2n) is 6.06. The minimum absolute atomic E-state index is 0.108. The Kier molecular flexibility index (Phi) is 4.54. The van der Waals surface area contributed by atoms with Crippen LogP contribution in [0.4, 0.5) is 0 Å². The largest absolute Gasteiger partial charge is 0.543 e. The van der Waals surface area contributed by atoms with Crippen molar-refractivity contribution in [3.8, 4) is 6.07 Å². The summed E-state index contributed by atoms with van der Waals surface area (Å²) in [6.45, 7) is -0.483. The third kappa shape index (κ3) is 3.22. The van der Waals surface area contributed by atoms with Crippen molar-refractivity contribution in [2.75, 3.05) is 0 Å². The molecule has 0 unspecified atom stereocenters. The molecule has 0 aliphatic rings. The van der Waals surface area contributed by atoms with Crippen LogP contribution in [0.5, 0.6) is 0 Å². The number of thiazole rings is 1. The molecule has 0 bridgehead atoms. The molecule has 2 heterocycles. The number of aliphatic hydroxyl groups excluding tert-OH is 1. The molecule has 0 saturated heterocycles. The van der Waals surface area contributed by atoms with Gasteiger partial charge < -0.3 is 15.0 Å². The molecule has 4 aromatic rings. The van der Waals surface area contributed by atoms with E-state index in [2.05, 4.69) is 10.1 Å². The highest BCUT2D eigenvalue weighted by atomic mass is 32.1. The molecular formula is C20H11N4O4S-. The number of carbonyl (C=O) groups excluding carboxylic acids is 1. The van der Waals surface area contributed by atoms with Crippen molar-refractivity contribution in [1.29, 1.82) is 5.26 Å². The molecule has 0 atom stereocenters. The van der Waals surface area contributed by atoms with Crippen molar-refractivity contribution in [2.45, 2.75) is 6.54 Å². The fourth-order valence-corrected chi connectivity index (χ4v) is 3.91. The van der Waals surface area contributed by atoms with Gasteiger partial charge in [-0.25, -0.2) is 9.67 Å². The quantitative estimate of drug-likeness (QED) is 0.406. The van der Waals surface area contributed by atoms with Crippen molar-refractivity contribution >= 4 is 43.9 Å². The fraction of sp³-hybridized carbons (Fsp3) is 0.0500. The lowest BCUT2D eigenvalue weighted by Crippen LogP contribution is -2.31. The molecule has 8 nitrogen and oxygen atoms in total. The van der Waals surface area contributed by atoms with Gasteiger partial charge in [0.2, 0.25) is 0 Å². The van der Waals surface area contributed by atoms with E-state index in [1.54, 1.807) is 18.2 Å². The van der Waals surface area contributed by atoms with Crippen LogP contribution in [-0.4, -0.2) is 25.8 Å². The number of fused-ring (bicyclic) bond motifs is 2. The van der Waals surface area contributed by atoms with Crippen LogP contribution < -0.4 is 10.7 Å². The maximum absolute atomic E-state index is 12.7. The predicted molar refractivity (Wildman–Crippen MR) is 105 cm³/mol. The third-order valence-corrected chi connectivity index (χ3v) is 5.32. The van der Waals surface area contributed by atoms with Crippen LogP contribution >= 0.6 is 11.3 Å². The molecule has 0 spiro atoms. The summed E-state index contributed by atoms with van der Waals surface area (Å²) in [5, 5.41) is 35.9. The average molecular weight is 403 g/mol. The number of hydrogen-bond acceptors (Lipinski definition) is 8. The summed E-state index contributed by atoms with van der Waals surface area (Å²) in [4.78, 5) is 28.5. The standard InChI is InChI=1S/C20H12N4O4S/c21-9-13(18-22-14-7-3-4-8-16(14)29-18)15(25)10-24-19(26)12-6-2-1-5-11(12)17(23-24)20(27)28/h1-8,25H,10H2,(H,27,28)/p-1/b15-13-. The molecule has 1 N–H and O–H groups in total. The van der Waals surface area contributed by atoms with Gasteiger partial charge in [-0.3, -0.25) is 4.79 Å². The molecule has 9 heteroatoms. The second kappa shape index (κ2) is 7.18. The lowest BCUT2D eigenvalue weighted by molar-refractivity contribution is -0.255. The first-order valence-corrected chi connectivity index (χ1v) is 9.20. The molecule has 2 aromatic carbocycles. The zero-order valence-electron chi connectivity index (χ0n) is 14.7. The van der Waals surface area contributed by atoms with Crippen LogP contribution in [0.25, 0.3) is 26.6 Å². The molecule has 0 fully saturated rings. The Morgan fingerprint density at radius 2 is 1.86 bits per heavy atom. The number of para-hydroxylation sites is 1. The number of rotatable bonds is 4. The van der Waals surface area contributed by atoms with Gasteiger partial charge in [0, 0.05) is 5.39 Å². The Hall–Kier alpha value is -4.03. The minimum atomic E-state index is -1.55. The number of hydrogen-bond donors (Lipinski definition) is 1. The van der Waals surface area contributed by atoms with Crippen molar-refractivity contribution in [1.82, 2.24) is 14.8 Å². The first kappa shape index (κ1) is 18.3. The van der Waals surface area contributed by atoms with Gasteiger partial charge in [0.1, 0.15) is 34.6 Å². The SMILES string of the molecule is N#C/C(=C(/O)Cn1nc(C(=O)[O-])c2ccccc2c1=O)c1nc2ccccc2s1. The van der Waals surface area contributed by atoms with Crippen LogP contribution in [0, 0.1) is 11.3 Å². The Morgan fingerprint density at radius 1 is 1.17 bits per heavy atom. The molecule has 142 valence electrons. The lowest BCUT2D eigenvalue weighted by Gasteiger charge is -2.11. The monoisotopic (exact) mass is 403 g/mol. The smallest absolute Gasteiger partial charge is 0.275 e. The number of benzene rings is 2. The van der Waals surface area contributed by atoms with Crippen LogP contribution in [0.2, 0.25) is 0 Å². The molecule has 4 rings (SSSR count). The molecule has 0 aliphatic heterocycles. The number of aromatic nitrogens is 3. The van der Waals surface area contributed by atoms with E-state index in [1.165, 1.54) is 23.5 Å². The topological polar surface area (TPSA) is 132 Å². The summed E-state index contributed by atoms with van der Waals surface area (Å²) in [6, 6.07) is 15.2. The third-order valence-electron chi connectivity index (χ3n) is 4.27. The number of nitrogens with zero attached hydrogens (tertiary/aromatic N) is 4. The van der Waals surface area contributed by atoms with Crippen molar-refractivity contribution in [3.05, 3.63) is 75.3 Å². The van der Waals surface area contributed by atoms with E-state index in [-0.39, 0.29) is 16.3 Å². The van der Waals surface area contributed by atoms with Crippen LogP contribution in [0.15, 0.2) is 59.1 Å². The van der Waals surface area contributed by atoms with E-state index < -0.39 is 29.5 Å². The number of carboxylic acid groups (broad SMARTS) is 1. The van der Waals surface area contributed by atoms with Crippen molar-refractivity contribution in [3.63, 3.8) is 0 Å². The van der Waals surface area contributed by atoms with Gasteiger partial charge in [0.15, 0.2) is 0 Å². The van der Waals surface area contributed by atoms with Crippen molar-refractivity contribution < 1.29 is 15.0 Å². The summed E-state index contributed by atoms with van der Waals surface area (Å²) in [7, 11) is 0. The van der Waals surface area contributed by atoms with Gasteiger partial charge in [-0.15, -0.1) is 11.3 Å². The fourth-order valence-electron chi connectivity index (χ4n) is 2.93. The van der Waals surface area contributed by atoms with Gasteiger partial charge in [-0.1, -0.05) is 30.3 Å². The Labute approximate surface area is 167 Å². The van der Waals surface area contributed by atoms with Gasteiger partial charge in [-0.2, -0.15) is 10.4 Å². The number of allylic oxidation sites excluding steroid dienone is 2. The highest BCUT2D eigenvalue weighted by Crippen LogP contribution is 2.28. The van der Waals surface area contributed by atoms with E-state index in [0.717, 1.165) is 9.38 Å². The minimum Gasteiger partial charge on any atom is -0.543 e. The molecule has 29 heavy (non-hydrogen) atoms. The summed E-state index contributed by atoms with van der Waals surface area (Å²) in [5.41, 5.74) is -0.457. The molecular weight excluding hydrogens is 392 g/mol. The number of aromatic carboxylic acids is 1. The summed E-state index contributed by atoms with van der Waals surface area (Å²) in [6.07, 6.45) is 0. The first-order valence-electron chi connectivity index (χ1n) is 8.39. The molecule has 0 aliphatic carbocycles. The van der Waals surface area contributed by atoms with Gasteiger partial charge >= 0.3 is 0 Å². The van der Waals surface area contributed by atoms with Gasteiger partial charge in [0.25, 0.3) is 5.56 Å². The summed E-state index contributed by atoms with van der Waals surface area (Å²) in [5.74, 6) is -1.99. The molecule has 0 radical (unpaired) electrons. The highest BCUT2D eigenvalue weighted by Gasteiger charge is 2.17. The molecule has 2 aromatic heterocycles. The maximum atomic E-state index is 12.7. The first-order chi connectivity index (χ1) is 14.0. The van der Waals surface area contributed by atoms with Crippen molar-refractivity contribution in [2.24, 2.45) is 0 Å². The number of nitriles is 1. The second-order valence-corrected chi connectivity index (χ2v) is 7.10. The van der Waals surface area contributed by atoms with E-state index in [4.69, 9.17) is 0 Å². The Balaban J connectivity index is 1.84. The zero-order valence-corrected chi connectivity index (χ0v) is 15.5. The Morgan fingerprint density at radius 3 is 2.55 bits per heavy atom. The number of carbonyl (C=O) groups is 1. The van der Waals surface area contributed by atoms with E-state index in [9.17, 15) is 25.1 Å². The van der Waals surface area contributed by atoms with Crippen LogP contribution in [0.1, 0.15) is 15.5 Å². The van der Waals surface area contributed by atoms with Crippen LogP contribution in [0.3, 0.4) is 0 Å². The molecule has 0 amide bonds. The van der Waals surface area contributed by atoms with Gasteiger partial charge in [-0.05, 0) is 18.2 Å². The van der Waals surface area contributed by atoms with E-state index in [0.29, 0.717) is 10.5 Å². The number of carboxylic acids is 1. The molecule has 0 saturated carbocycles. The maximum Gasteiger partial charge on any atom is 0.275 e. The van der Waals surface area contributed by atoms with Crippen LogP contribution in [-0.2, 0) is 6.54 Å². The normalized spacial score (nSPS) is 12.0. The highest BCUT2D eigenvalue weighted by molar-refractivity contribution is 7.19. The van der Waals surface area contributed by atoms with E-state index >= 15 is 0 Å². The number of aliphatic hydroxyl groups is 1. The Bertz CT molecular complexity index is 1380. The summed E-state index contributed by atoms with van der Waals surface area (Å²) < 4.78 is 1.64. The summed E-state index contributed by atoms with van der Waals surface area (Å²) >= 11 is 1.22. The van der Waals surface area contributed by atoms with E-state index in [1.807, 2.05) is 24.3 Å². The predicted octanol–water partition coefficient (Wildman–Crippen LogP) is 1.86. The van der Waals surface area contributed by atoms with Gasteiger partial charge in [0.05, 0.1) is 21.6 Å². The average Bonchev–Trinajstić information content (AvgIpc) is 3.14. The lowest BCUT2D eigenvalue weighted by atomic mass is 10.1.